The number of hydrogen-bond acceptors (Lipinski definition) is 7. The predicted octanol–water partition coefficient (Wildman–Crippen LogP) is 2.86. The first-order valence-electron chi connectivity index (χ1n) is 7.57. The Morgan fingerprint density at radius 3 is 3.16 bits per heavy atom. The van der Waals surface area contributed by atoms with E-state index in [4.69, 9.17) is 15.6 Å². The molecule has 2 aromatic heterocycles. The van der Waals surface area contributed by atoms with Gasteiger partial charge in [-0.25, -0.2) is 14.8 Å². The summed E-state index contributed by atoms with van der Waals surface area (Å²) in [6.45, 7) is 1.97. The molecule has 2 aromatic rings. The summed E-state index contributed by atoms with van der Waals surface area (Å²) in [5.41, 5.74) is 1.41. The molecule has 7 nitrogen and oxygen atoms in total. The van der Waals surface area contributed by atoms with Crippen LogP contribution < -0.4 is 5.32 Å². The Morgan fingerprint density at radius 2 is 2.40 bits per heavy atom. The van der Waals surface area contributed by atoms with Crippen molar-refractivity contribution < 1.29 is 19.1 Å². The van der Waals surface area contributed by atoms with E-state index in [-0.39, 0.29) is 36.1 Å². The van der Waals surface area contributed by atoms with Crippen molar-refractivity contribution in [3.8, 4) is 18.1 Å². The van der Waals surface area contributed by atoms with Gasteiger partial charge in [-0.15, -0.1) is 6.42 Å². The maximum atomic E-state index is 12.1. The number of furan rings is 1. The second kappa shape index (κ2) is 6.93. The third-order valence-electron chi connectivity index (χ3n) is 3.45. The van der Waals surface area contributed by atoms with Crippen molar-refractivity contribution in [2.24, 2.45) is 4.99 Å². The average Bonchev–Trinajstić information content (AvgIpc) is 3.15. The van der Waals surface area contributed by atoms with E-state index < -0.39 is 5.97 Å². The number of allylic oxidation sites excluding steroid dienone is 1. The molecule has 1 aliphatic rings. The predicted molar refractivity (Wildman–Crippen MR) is 93.9 cm³/mol. The lowest BCUT2D eigenvalue weighted by Crippen LogP contribution is -2.08. The number of carbonyl (C=O) groups excluding carboxylic acids is 1. The Bertz CT molecular complexity index is 919. The monoisotopic (exact) mass is 337 g/mol. The number of hydrogen-bond donors (Lipinski definition) is 2. The lowest BCUT2D eigenvalue weighted by atomic mass is 10.1. The molecule has 3 heterocycles. The largest absolute Gasteiger partial charge is 0.504 e. The molecule has 0 amide bonds. The van der Waals surface area contributed by atoms with Gasteiger partial charge in [-0.3, -0.25) is 0 Å². The van der Waals surface area contributed by atoms with E-state index >= 15 is 0 Å². The first-order valence-corrected chi connectivity index (χ1v) is 7.57. The van der Waals surface area contributed by atoms with Crippen molar-refractivity contribution in [3.05, 3.63) is 35.2 Å². The molecule has 126 valence electrons. The highest BCUT2D eigenvalue weighted by molar-refractivity contribution is 6.21. The first kappa shape index (κ1) is 16.3. The van der Waals surface area contributed by atoms with Crippen LogP contribution in [0.2, 0.25) is 0 Å². The summed E-state index contributed by atoms with van der Waals surface area (Å²) in [7, 11) is 0. The molecular weight excluding hydrogens is 322 g/mol. The van der Waals surface area contributed by atoms with Crippen LogP contribution in [0.1, 0.15) is 28.6 Å². The number of terminal acetylenes is 1. The molecule has 0 fully saturated rings. The van der Waals surface area contributed by atoms with Crippen molar-refractivity contribution in [2.45, 2.75) is 6.92 Å². The second-order valence-electron chi connectivity index (χ2n) is 5.03. The molecule has 0 saturated heterocycles. The lowest BCUT2D eigenvalue weighted by molar-refractivity contribution is 0.0524. The molecule has 1 aliphatic heterocycles. The third kappa shape index (κ3) is 3.10. The summed E-state index contributed by atoms with van der Waals surface area (Å²) < 4.78 is 10.5. The Labute approximate surface area is 144 Å². The zero-order valence-corrected chi connectivity index (χ0v) is 13.4. The zero-order chi connectivity index (χ0) is 17.8. The standard InChI is InChI=1S/C18H15N3O4/c1-3-7-20-17-14(18(23)24-4-2)15(22)13(25-17)9-11-10-21-16-12(11)6-5-8-19-16/h1,5-6,8-10,20,22H,4,7H2,2H3. The van der Waals surface area contributed by atoms with Crippen LogP contribution in [-0.2, 0) is 4.74 Å². The molecule has 25 heavy (non-hydrogen) atoms. The molecule has 0 radical (unpaired) electrons. The highest BCUT2D eigenvalue weighted by Gasteiger charge is 2.26. The van der Waals surface area contributed by atoms with Crippen molar-refractivity contribution in [1.82, 2.24) is 4.98 Å². The highest BCUT2D eigenvalue weighted by Crippen LogP contribution is 2.38. The van der Waals surface area contributed by atoms with E-state index in [9.17, 15) is 9.90 Å². The number of nitrogens with zero attached hydrogens (tertiary/aromatic N) is 2. The molecule has 0 aliphatic carbocycles. The minimum absolute atomic E-state index is 0.0575. The number of rotatable bonds is 5. The second-order valence-corrected chi connectivity index (χ2v) is 5.03. The number of aromatic nitrogens is 1. The van der Waals surface area contributed by atoms with Gasteiger partial charge in [-0.2, -0.15) is 0 Å². The number of anilines is 1. The zero-order valence-electron chi connectivity index (χ0n) is 13.4. The van der Waals surface area contributed by atoms with Crippen LogP contribution in [0.3, 0.4) is 0 Å². The van der Waals surface area contributed by atoms with Crippen LogP contribution >= 0.6 is 0 Å². The van der Waals surface area contributed by atoms with Crippen molar-refractivity contribution in [1.29, 1.82) is 0 Å². The highest BCUT2D eigenvalue weighted by atomic mass is 16.5. The molecular formula is C18H15N3O4. The fourth-order valence-electron chi connectivity index (χ4n) is 2.37. The fourth-order valence-corrected chi connectivity index (χ4v) is 2.37. The van der Waals surface area contributed by atoms with Crippen molar-refractivity contribution in [2.75, 3.05) is 18.5 Å². The number of pyridine rings is 1. The van der Waals surface area contributed by atoms with Crippen LogP contribution in [0.4, 0.5) is 11.7 Å². The number of nitrogens with one attached hydrogen (secondary N) is 1. The normalized spacial score (nSPS) is 13.5. The number of aromatic hydroxyl groups is 1. The van der Waals surface area contributed by atoms with Gasteiger partial charge in [-0.1, -0.05) is 5.92 Å². The summed E-state index contributed by atoms with van der Waals surface area (Å²) in [5, 5.41) is 13.2. The Balaban J connectivity index is 2.03. The lowest BCUT2D eigenvalue weighted by Gasteiger charge is -2.02. The quantitative estimate of drug-likeness (QED) is 0.643. The number of fused-ring (bicyclic) bond motifs is 1. The van der Waals surface area contributed by atoms with Crippen LogP contribution in [-0.4, -0.2) is 35.4 Å². The van der Waals surface area contributed by atoms with E-state index in [0.717, 1.165) is 5.56 Å². The topological polar surface area (TPSA) is 97.0 Å². The summed E-state index contributed by atoms with van der Waals surface area (Å²) in [6, 6.07) is 3.64. The Hall–Kier alpha value is -3.53. The summed E-state index contributed by atoms with van der Waals surface area (Å²) in [5.74, 6) is 2.09. The molecule has 0 atom stereocenters. The van der Waals surface area contributed by atoms with Gasteiger partial charge in [0.15, 0.2) is 22.9 Å². The maximum absolute atomic E-state index is 12.1. The van der Waals surface area contributed by atoms with Gasteiger partial charge in [0.2, 0.25) is 5.88 Å². The SMILES string of the molecule is C#CCNc1oc(C=C2C=Nc3ncccc32)c(O)c1C(=O)OCC. The fraction of sp³-hybridized carbons (Fsp3) is 0.167. The first-order chi connectivity index (χ1) is 12.2. The van der Waals surface area contributed by atoms with Crippen LogP contribution in [0.25, 0.3) is 11.6 Å². The molecule has 0 saturated carbocycles. The summed E-state index contributed by atoms with van der Waals surface area (Å²) in [4.78, 5) is 20.4. The minimum Gasteiger partial charge on any atom is -0.504 e. The average molecular weight is 337 g/mol. The molecule has 0 spiro atoms. The van der Waals surface area contributed by atoms with Crippen LogP contribution in [0.5, 0.6) is 5.75 Å². The van der Waals surface area contributed by atoms with Crippen LogP contribution in [0.15, 0.2) is 27.7 Å². The molecule has 2 N–H and O–H groups in total. The van der Waals surface area contributed by atoms with Crippen molar-refractivity contribution in [3.63, 3.8) is 0 Å². The number of carbonyl (C=O) groups is 1. The van der Waals surface area contributed by atoms with Crippen LogP contribution in [0, 0.1) is 12.3 Å². The van der Waals surface area contributed by atoms with Gasteiger partial charge in [0.05, 0.1) is 13.2 Å². The van der Waals surface area contributed by atoms with E-state index in [2.05, 4.69) is 21.2 Å². The van der Waals surface area contributed by atoms with Crippen molar-refractivity contribution >= 4 is 35.5 Å². The number of ether oxygens (including phenoxy) is 1. The minimum atomic E-state index is -0.699. The third-order valence-corrected chi connectivity index (χ3v) is 3.45. The summed E-state index contributed by atoms with van der Waals surface area (Å²) in [6.07, 6.45) is 10.1. The maximum Gasteiger partial charge on any atom is 0.347 e. The Morgan fingerprint density at radius 1 is 1.56 bits per heavy atom. The van der Waals surface area contributed by atoms with E-state index in [0.29, 0.717) is 11.4 Å². The van der Waals surface area contributed by atoms with E-state index in [1.165, 1.54) is 0 Å². The van der Waals surface area contributed by atoms with Gasteiger partial charge in [0, 0.05) is 23.5 Å². The molecule has 0 bridgehead atoms. The van der Waals surface area contributed by atoms with Gasteiger partial charge in [0.25, 0.3) is 0 Å². The number of aliphatic imine (C=N–C) groups is 1. The van der Waals surface area contributed by atoms with Gasteiger partial charge < -0.3 is 19.6 Å². The van der Waals surface area contributed by atoms with Gasteiger partial charge in [-0.05, 0) is 25.1 Å². The molecule has 7 heteroatoms. The Kier molecular flexibility index (Phi) is 4.53. The van der Waals surface area contributed by atoms with E-state index in [1.54, 1.807) is 31.5 Å². The molecule has 0 unspecified atom stereocenters. The number of esters is 1. The smallest absolute Gasteiger partial charge is 0.347 e. The molecule has 3 rings (SSSR count). The van der Waals surface area contributed by atoms with Gasteiger partial charge >= 0.3 is 5.97 Å². The van der Waals surface area contributed by atoms with Gasteiger partial charge in [0.1, 0.15) is 0 Å². The van der Waals surface area contributed by atoms with E-state index in [1.807, 2.05) is 6.07 Å². The molecule has 0 aromatic carbocycles. The summed E-state index contributed by atoms with van der Waals surface area (Å²) >= 11 is 0.